The van der Waals surface area contributed by atoms with Crippen molar-refractivity contribution in [2.45, 2.75) is 0 Å². The summed E-state index contributed by atoms with van der Waals surface area (Å²) >= 11 is 0. The van der Waals surface area contributed by atoms with Crippen LogP contribution in [0.5, 0.6) is 0 Å². The Kier molecular flexibility index (Phi) is 7.53. The van der Waals surface area contributed by atoms with Crippen molar-refractivity contribution in [2.24, 2.45) is 0 Å². The van der Waals surface area contributed by atoms with Crippen LogP contribution < -0.4 is 4.90 Å². The zero-order chi connectivity index (χ0) is 37.0. The van der Waals surface area contributed by atoms with Crippen LogP contribution in [0.4, 0.5) is 17.1 Å². The lowest BCUT2D eigenvalue weighted by Crippen LogP contribution is -2.12. The molecule has 1 aromatic heterocycles. The molecule has 2 nitrogen and oxygen atoms in total. The molecule has 0 unspecified atom stereocenters. The van der Waals surface area contributed by atoms with Crippen LogP contribution in [-0.4, -0.2) is 4.57 Å². The van der Waals surface area contributed by atoms with Gasteiger partial charge < -0.3 is 9.47 Å². The molecule has 0 spiro atoms. The monoisotopic (exact) mass is 712 g/mol. The number of para-hydroxylation sites is 2. The molecule has 0 amide bonds. The maximum Gasteiger partial charge on any atom is 0.0618 e. The van der Waals surface area contributed by atoms with E-state index in [0.29, 0.717) is 0 Å². The third kappa shape index (κ3) is 5.11. The first-order valence-electron chi connectivity index (χ1n) is 19.3. The molecule has 262 valence electrons. The first-order chi connectivity index (χ1) is 27.8. The Hall–Kier alpha value is -7.42. The van der Waals surface area contributed by atoms with E-state index in [4.69, 9.17) is 0 Å². The van der Waals surface area contributed by atoms with Crippen molar-refractivity contribution in [3.8, 4) is 27.9 Å². The Morgan fingerprint density at radius 3 is 1.66 bits per heavy atom. The van der Waals surface area contributed by atoms with Gasteiger partial charge in [0.1, 0.15) is 0 Å². The van der Waals surface area contributed by atoms with Crippen LogP contribution in [0, 0.1) is 0 Å². The molecule has 2 heteroatoms. The summed E-state index contributed by atoms with van der Waals surface area (Å²) in [4.78, 5) is 2.49. The van der Waals surface area contributed by atoms with Crippen LogP contribution in [0.2, 0.25) is 0 Å². The lowest BCUT2D eigenvalue weighted by molar-refractivity contribution is 1.19. The molecule has 11 aromatic rings. The molecule has 10 aromatic carbocycles. The second-order valence-electron chi connectivity index (χ2n) is 14.5. The Bertz CT molecular complexity index is 3250. The van der Waals surface area contributed by atoms with Gasteiger partial charge in [0.25, 0.3) is 0 Å². The largest absolute Gasteiger partial charge is 0.309 e. The number of hydrogen-bond donors (Lipinski definition) is 0. The minimum Gasteiger partial charge on any atom is -0.309 e. The first kappa shape index (κ1) is 32.0. The van der Waals surface area contributed by atoms with Crippen LogP contribution in [0.25, 0.3) is 82.1 Å². The van der Waals surface area contributed by atoms with E-state index >= 15 is 0 Å². The Balaban J connectivity index is 1.27. The molecular formula is C54H36N2. The van der Waals surface area contributed by atoms with Gasteiger partial charge in [-0.25, -0.2) is 0 Å². The highest BCUT2D eigenvalue weighted by Crippen LogP contribution is 2.47. The molecule has 0 N–H and O–H groups in total. The zero-order valence-electron chi connectivity index (χ0n) is 30.7. The summed E-state index contributed by atoms with van der Waals surface area (Å²) in [6.07, 6.45) is 0. The number of anilines is 3. The summed E-state index contributed by atoms with van der Waals surface area (Å²) in [6, 6.07) is 79.6. The van der Waals surface area contributed by atoms with E-state index in [1.54, 1.807) is 0 Å². The molecule has 0 aliphatic carbocycles. The van der Waals surface area contributed by atoms with E-state index < -0.39 is 0 Å². The molecule has 11 rings (SSSR count). The highest BCUT2D eigenvalue weighted by molar-refractivity contribution is 6.16. The van der Waals surface area contributed by atoms with Crippen molar-refractivity contribution in [1.82, 2.24) is 4.57 Å². The smallest absolute Gasteiger partial charge is 0.0618 e. The van der Waals surface area contributed by atoms with Gasteiger partial charge in [-0.15, -0.1) is 0 Å². The summed E-state index contributed by atoms with van der Waals surface area (Å²) in [5.41, 5.74) is 11.6. The average Bonchev–Trinajstić information content (AvgIpc) is 3.60. The van der Waals surface area contributed by atoms with Gasteiger partial charge in [-0.2, -0.15) is 0 Å². The number of aromatic nitrogens is 1. The molecule has 0 atom stereocenters. The molecule has 0 fully saturated rings. The fourth-order valence-electron chi connectivity index (χ4n) is 8.84. The van der Waals surface area contributed by atoms with Crippen LogP contribution >= 0.6 is 0 Å². The molecule has 56 heavy (non-hydrogen) atoms. The standard InChI is InChI=1S/C54H36N2/c1-3-17-37(18-4-1)43-24-13-15-29-50(43)55(52-35-40-22-8-9-23-42(40)46-26-11-12-27-47(46)52)41-32-34-49-48-28-14-16-30-51(48)56(53(49)36-41)54-44-25-10-7-21-39(44)31-33-45(54)38-19-5-2-6-20-38/h1-36H. The number of fused-ring (bicyclic) bond motifs is 7. The summed E-state index contributed by atoms with van der Waals surface area (Å²) in [5, 5.41) is 9.78. The van der Waals surface area contributed by atoms with E-state index in [-0.39, 0.29) is 0 Å². The molecular weight excluding hydrogens is 677 g/mol. The maximum atomic E-state index is 2.51. The average molecular weight is 713 g/mol. The summed E-state index contributed by atoms with van der Waals surface area (Å²) in [7, 11) is 0. The lowest BCUT2D eigenvalue weighted by atomic mass is 9.97. The molecule has 0 aliphatic rings. The van der Waals surface area contributed by atoms with Crippen molar-refractivity contribution in [2.75, 3.05) is 4.90 Å². The van der Waals surface area contributed by atoms with Crippen LogP contribution in [0.15, 0.2) is 218 Å². The summed E-state index contributed by atoms with van der Waals surface area (Å²) in [5.74, 6) is 0. The minimum atomic E-state index is 1.09. The molecule has 1 heterocycles. The van der Waals surface area contributed by atoms with E-state index in [9.17, 15) is 0 Å². The minimum absolute atomic E-state index is 1.09. The van der Waals surface area contributed by atoms with Gasteiger partial charge in [0.05, 0.1) is 28.1 Å². The second-order valence-corrected chi connectivity index (χ2v) is 14.5. The number of hydrogen-bond acceptors (Lipinski definition) is 1. The summed E-state index contributed by atoms with van der Waals surface area (Å²) in [6.45, 7) is 0. The van der Waals surface area contributed by atoms with Gasteiger partial charge in [-0.3, -0.25) is 0 Å². The Morgan fingerprint density at radius 2 is 0.875 bits per heavy atom. The van der Waals surface area contributed by atoms with Crippen LogP contribution in [0.1, 0.15) is 0 Å². The van der Waals surface area contributed by atoms with Gasteiger partial charge >= 0.3 is 0 Å². The van der Waals surface area contributed by atoms with Crippen molar-refractivity contribution in [3.05, 3.63) is 218 Å². The van der Waals surface area contributed by atoms with Gasteiger partial charge in [0, 0.05) is 38.4 Å². The van der Waals surface area contributed by atoms with E-state index in [1.807, 2.05) is 0 Å². The fraction of sp³-hybridized carbons (Fsp3) is 0. The second kappa shape index (κ2) is 13.2. The third-order valence-electron chi connectivity index (χ3n) is 11.3. The SMILES string of the molecule is c1ccc(-c2ccccc2N(c2ccc3c4ccccc4n(-c4c(-c5ccccc5)ccc5ccccc45)c3c2)c2cc3ccccc3c3ccccc23)cc1. The summed E-state index contributed by atoms with van der Waals surface area (Å²) < 4.78 is 2.51. The Morgan fingerprint density at radius 1 is 0.304 bits per heavy atom. The van der Waals surface area contributed by atoms with Crippen molar-refractivity contribution in [3.63, 3.8) is 0 Å². The quantitative estimate of drug-likeness (QED) is 0.156. The van der Waals surface area contributed by atoms with Crippen molar-refractivity contribution in [1.29, 1.82) is 0 Å². The molecule has 0 saturated heterocycles. The molecule has 0 aliphatic heterocycles. The fourth-order valence-corrected chi connectivity index (χ4v) is 8.84. The normalized spacial score (nSPS) is 11.6. The van der Waals surface area contributed by atoms with Crippen molar-refractivity contribution >= 4 is 71.2 Å². The highest BCUT2D eigenvalue weighted by Gasteiger charge is 2.23. The van der Waals surface area contributed by atoms with Gasteiger partial charge in [0.2, 0.25) is 0 Å². The third-order valence-corrected chi connectivity index (χ3v) is 11.3. The predicted octanol–water partition coefficient (Wildman–Crippen LogP) is 15.0. The molecule has 0 radical (unpaired) electrons. The number of benzene rings is 10. The van der Waals surface area contributed by atoms with Gasteiger partial charge in [-0.1, -0.05) is 188 Å². The molecule has 0 bridgehead atoms. The lowest BCUT2D eigenvalue weighted by Gasteiger charge is -2.30. The van der Waals surface area contributed by atoms with E-state index in [2.05, 4.69) is 228 Å². The van der Waals surface area contributed by atoms with Crippen molar-refractivity contribution < 1.29 is 0 Å². The first-order valence-corrected chi connectivity index (χ1v) is 19.3. The maximum absolute atomic E-state index is 2.51. The number of nitrogens with zero attached hydrogens (tertiary/aromatic N) is 2. The highest BCUT2D eigenvalue weighted by atomic mass is 15.1. The van der Waals surface area contributed by atoms with Crippen LogP contribution in [-0.2, 0) is 0 Å². The Labute approximate surface area is 325 Å². The van der Waals surface area contributed by atoms with E-state index in [0.717, 1.165) is 22.6 Å². The van der Waals surface area contributed by atoms with Gasteiger partial charge in [-0.05, 0) is 63.0 Å². The topological polar surface area (TPSA) is 8.17 Å². The predicted molar refractivity (Wildman–Crippen MR) is 239 cm³/mol. The van der Waals surface area contributed by atoms with Gasteiger partial charge in [0.15, 0.2) is 0 Å². The molecule has 0 saturated carbocycles. The zero-order valence-corrected chi connectivity index (χ0v) is 30.7. The van der Waals surface area contributed by atoms with Crippen LogP contribution in [0.3, 0.4) is 0 Å². The number of rotatable bonds is 6. The van der Waals surface area contributed by atoms with E-state index in [1.165, 1.54) is 76.5 Å².